The summed E-state index contributed by atoms with van der Waals surface area (Å²) < 4.78 is 0. The van der Waals surface area contributed by atoms with Crippen molar-refractivity contribution in [1.82, 2.24) is 15.6 Å². The smallest absolute Gasteiger partial charge is 0.272 e. The van der Waals surface area contributed by atoms with Crippen LogP contribution in [0, 0.1) is 0 Å². The van der Waals surface area contributed by atoms with Crippen molar-refractivity contribution in [2.24, 2.45) is 0 Å². The number of benzene rings is 1. The summed E-state index contributed by atoms with van der Waals surface area (Å²) in [6.45, 7) is 0. The van der Waals surface area contributed by atoms with Crippen LogP contribution in [-0.2, 0) is 0 Å². The molecule has 5 nitrogen and oxygen atoms in total. The molecule has 1 amide bonds. The number of carbonyl (C=O) groups excluding carboxylic acids is 1. The zero-order valence-corrected chi connectivity index (χ0v) is 7.06. The molecule has 2 heterocycles. The third-order valence-electron chi connectivity index (χ3n) is 2.14. The van der Waals surface area contributed by atoms with Gasteiger partial charge in [0.25, 0.3) is 0 Å². The summed E-state index contributed by atoms with van der Waals surface area (Å²) in [6.07, 6.45) is 0. The molecule has 1 aromatic carbocycles. The second-order valence-corrected chi connectivity index (χ2v) is 2.97. The van der Waals surface area contributed by atoms with Gasteiger partial charge in [-0.15, -0.1) is 15.6 Å². The van der Waals surface area contributed by atoms with Gasteiger partial charge in [0.15, 0.2) is 5.69 Å². The average Bonchev–Trinajstić information content (AvgIpc) is 2.61. The van der Waals surface area contributed by atoms with Gasteiger partial charge in [-0.2, -0.15) is 0 Å². The van der Waals surface area contributed by atoms with Crippen LogP contribution < -0.4 is 10.9 Å². The molecule has 0 saturated carbocycles. The van der Waals surface area contributed by atoms with Gasteiger partial charge in [-0.25, -0.2) is 0 Å². The summed E-state index contributed by atoms with van der Waals surface area (Å²) in [4.78, 5) is 11.2. The molecule has 3 rings (SSSR count). The van der Waals surface area contributed by atoms with E-state index in [4.69, 9.17) is 0 Å². The van der Waals surface area contributed by atoms with Gasteiger partial charge >= 0.3 is 5.91 Å². The molecule has 0 saturated heterocycles. The molecular weight excluding hydrogens is 180 g/mol. The first-order chi connectivity index (χ1) is 6.86. The van der Waals surface area contributed by atoms with Crippen LogP contribution in [0.2, 0.25) is 0 Å². The Kier molecular flexibility index (Phi) is 1.25. The minimum absolute atomic E-state index is 0.295. The van der Waals surface area contributed by atoms with Gasteiger partial charge in [0, 0.05) is 5.39 Å². The van der Waals surface area contributed by atoms with E-state index in [9.17, 15) is 4.79 Å². The Balaban J connectivity index is 2.44. The van der Waals surface area contributed by atoms with Crippen molar-refractivity contribution in [1.29, 1.82) is 0 Å². The van der Waals surface area contributed by atoms with Crippen LogP contribution in [0.4, 0.5) is 5.69 Å². The van der Waals surface area contributed by atoms with Gasteiger partial charge in [-0.05, 0) is 6.07 Å². The molecule has 1 aliphatic rings. The monoisotopic (exact) mass is 185 g/mol. The van der Waals surface area contributed by atoms with E-state index in [1.54, 1.807) is 0 Å². The number of fused-ring (bicyclic) bond motifs is 3. The van der Waals surface area contributed by atoms with Crippen LogP contribution in [0.15, 0.2) is 24.3 Å². The van der Waals surface area contributed by atoms with E-state index >= 15 is 0 Å². The first-order valence-electron chi connectivity index (χ1n) is 4.13. The van der Waals surface area contributed by atoms with E-state index < -0.39 is 0 Å². The highest BCUT2D eigenvalue weighted by Crippen LogP contribution is 2.26. The summed E-state index contributed by atoms with van der Waals surface area (Å²) in [5.41, 5.74) is 7.93. The van der Waals surface area contributed by atoms with Gasteiger partial charge in [0.1, 0.15) is 0 Å². The number of rotatable bonds is 0. The van der Waals surface area contributed by atoms with Gasteiger partial charge in [-0.1, -0.05) is 18.2 Å². The predicted octanol–water partition coefficient (Wildman–Crippen LogP) is 0.715. The Labute approximate surface area is 79.1 Å². The maximum absolute atomic E-state index is 11.2. The fourth-order valence-electron chi connectivity index (χ4n) is 1.48. The van der Waals surface area contributed by atoms with Gasteiger partial charge in [0.2, 0.25) is 0 Å². The standard InChI is InChI=1S/C9H5N4O/c14-9-8-7(11-13-9)5-3-1-2-4-6(5)10-12-8/h1-4,11H. The first kappa shape index (κ1) is 7.25. The Morgan fingerprint density at radius 2 is 2.00 bits per heavy atom. The van der Waals surface area contributed by atoms with Crippen LogP contribution in [-0.4, -0.2) is 16.1 Å². The largest absolute Gasteiger partial charge is 0.316 e. The molecule has 1 radical (unpaired) electrons. The molecule has 0 unspecified atom stereocenters. The van der Waals surface area contributed by atoms with Crippen LogP contribution in [0.25, 0.3) is 10.9 Å². The number of nitrogens with one attached hydrogen (secondary N) is 1. The summed E-state index contributed by atoms with van der Waals surface area (Å²) in [5, 5.41) is 8.61. The molecule has 14 heavy (non-hydrogen) atoms. The lowest BCUT2D eigenvalue weighted by Crippen LogP contribution is -2.11. The maximum Gasteiger partial charge on any atom is 0.316 e. The molecule has 1 aromatic heterocycles. The number of amides is 1. The molecular formula is C9H5N4O. The summed E-state index contributed by atoms with van der Waals surface area (Å²) in [7, 11) is 0. The Morgan fingerprint density at radius 3 is 2.93 bits per heavy atom. The van der Waals surface area contributed by atoms with E-state index in [-0.39, 0.29) is 5.91 Å². The molecule has 0 atom stereocenters. The van der Waals surface area contributed by atoms with E-state index in [2.05, 4.69) is 21.0 Å². The lowest BCUT2D eigenvalue weighted by atomic mass is 10.2. The maximum atomic E-state index is 11.2. The quantitative estimate of drug-likeness (QED) is 0.656. The van der Waals surface area contributed by atoms with E-state index in [1.165, 1.54) is 0 Å². The number of carbonyl (C=O) groups is 1. The van der Waals surface area contributed by atoms with Crippen LogP contribution in [0.1, 0.15) is 10.5 Å². The van der Waals surface area contributed by atoms with E-state index in [0.717, 1.165) is 10.9 Å². The highest BCUT2D eigenvalue weighted by molar-refractivity contribution is 6.09. The van der Waals surface area contributed by atoms with Crippen LogP contribution in [0.5, 0.6) is 0 Å². The second-order valence-electron chi connectivity index (χ2n) is 2.97. The van der Waals surface area contributed by atoms with Crippen molar-refractivity contribution in [3.05, 3.63) is 30.0 Å². The van der Waals surface area contributed by atoms with Crippen LogP contribution >= 0.6 is 0 Å². The second kappa shape index (κ2) is 2.41. The van der Waals surface area contributed by atoms with Crippen molar-refractivity contribution < 1.29 is 4.79 Å². The molecule has 1 N–H and O–H groups in total. The van der Waals surface area contributed by atoms with E-state index in [1.807, 2.05) is 24.3 Å². The van der Waals surface area contributed by atoms with Crippen LogP contribution in [0.3, 0.4) is 0 Å². The number of anilines is 1. The van der Waals surface area contributed by atoms with E-state index in [0.29, 0.717) is 11.4 Å². The summed E-state index contributed by atoms with van der Waals surface area (Å²) in [5.74, 6) is -0.363. The predicted molar refractivity (Wildman–Crippen MR) is 49.6 cm³/mol. The van der Waals surface area contributed by atoms with Crippen molar-refractivity contribution >= 4 is 22.5 Å². The minimum atomic E-state index is -0.363. The average molecular weight is 185 g/mol. The van der Waals surface area contributed by atoms with Gasteiger partial charge in [-0.3, -0.25) is 10.2 Å². The molecule has 2 aromatic rings. The third-order valence-corrected chi connectivity index (χ3v) is 2.14. The third kappa shape index (κ3) is 0.806. The van der Waals surface area contributed by atoms with Crippen molar-refractivity contribution in [3.63, 3.8) is 0 Å². The summed E-state index contributed by atoms with van der Waals surface area (Å²) >= 11 is 0. The molecule has 0 bridgehead atoms. The van der Waals surface area contributed by atoms with Crippen molar-refractivity contribution in [2.75, 3.05) is 5.43 Å². The molecule has 0 fully saturated rings. The first-order valence-corrected chi connectivity index (χ1v) is 4.13. The zero-order chi connectivity index (χ0) is 9.54. The lowest BCUT2D eigenvalue weighted by molar-refractivity contribution is 0.0964. The number of hydrogen-bond donors (Lipinski definition) is 1. The highest BCUT2D eigenvalue weighted by Gasteiger charge is 2.24. The lowest BCUT2D eigenvalue weighted by Gasteiger charge is -1.99. The van der Waals surface area contributed by atoms with Gasteiger partial charge < -0.3 is 0 Å². The molecule has 5 heteroatoms. The fourth-order valence-corrected chi connectivity index (χ4v) is 1.48. The Morgan fingerprint density at radius 1 is 1.14 bits per heavy atom. The van der Waals surface area contributed by atoms with Gasteiger partial charge in [0.05, 0.1) is 11.2 Å². The fraction of sp³-hybridized carbons (Fsp3) is 0. The molecule has 67 valence electrons. The minimum Gasteiger partial charge on any atom is -0.272 e. The number of nitrogens with zero attached hydrogens (tertiary/aromatic N) is 3. The Bertz CT molecular complexity index is 537. The molecule has 0 aliphatic carbocycles. The van der Waals surface area contributed by atoms with Crippen molar-refractivity contribution in [2.45, 2.75) is 0 Å². The summed E-state index contributed by atoms with van der Waals surface area (Å²) in [6, 6.07) is 7.48. The Hall–Kier alpha value is -2.17. The molecule has 0 spiro atoms. The number of aromatic nitrogens is 2. The normalized spacial score (nSPS) is 13.6. The SMILES string of the molecule is O=C1[N]Nc2c1nnc1ccccc21. The zero-order valence-electron chi connectivity index (χ0n) is 7.06. The molecule has 1 aliphatic heterocycles. The highest BCUT2D eigenvalue weighted by atomic mass is 16.2. The topological polar surface area (TPSA) is 69.0 Å². The number of hydrogen-bond acceptors (Lipinski definition) is 4. The van der Waals surface area contributed by atoms with Crippen molar-refractivity contribution in [3.8, 4) is 0 Å².